The molecule has 1 unspecified atom stereocenters. The van der Waals surface area contributed by atoms with Gasteiger partial charge in [0.2, 0.25) is 0 Å². The van der Waals surface area contributed by atoms with Gasteiger partial charge in [-0.15, -0.1) is 0 Å². The minimum atomic E-state index is -0.219. The summed E-state index contributed by atoms with van der Waals surface area (Å²) in [7, 11) is 0. The molecule has 0 saturated carbocycles. The minimum absolute atomic E-state index is 0.0726. The third kappa shape index (κ3) is 3.19. The highest BCUT2D eigenvalue weighted by molar-refractivity contribution is 5.93. The molecule has 118 valence electrons. The summed E-state index contributed by atoms with van der Waals surface area (Å²) in [6.07, 6.45) is 9.94. The minimum Gasteiger partial charge on any atom is -0.397 e. The molecule has 0 aliphatic heterocycles. The van der Waals surface area contributed by atoms with Crippen LogP contribution in [0.3, 0.4) is 0 Å². The number of nitrogens with two attached hydrogens (primary N) is 1. The van der Waals surface area contributed by atoms with Gasteiger partial charge in [0.25, 0.3) is 0 Å². The second-order valence-electron chi connectivity index (χ2n) is 5.86. The molecule has 3 heteroatoms. The molecule has 1 heterocycles. The molecule has 0 fully saturated rings. The maximum absolute atomic E-state index is 14.0. The second-order valence-corrected chi connectivity index (χ2v) is 5.86. The Morgan fingerprint density at radius 2 is 2.09 bits per heavy atom. The number of hydrogen-bond donors (Lipinski definition) is 1. The number of halogens is 1. The summed E-state index contributed by atoms with van der Waals surface area (Å²) in [5, 5.41) is 2.22. The van der Waals surface area contributed by atoms with Crippen molar-refractivity contribution < 1.29 is 4.39 Å². The molecular weight excluding hydrogens is 287 g/mol. The Kier molecular flexibility index (Phi) is 4.56. The van der Waals surface area contributed by atoms with Crippen LogP contribution in [0.25, 0.3) is 16.3 Å². The molecule has 1 aromatic heterocycles. The number of benzene rings is 1. The molecule has 2 aromatic rings. The number of allylic oxidation sites excluding steroid dienone is 5. The van der Waals surface area contributed by atoms with E-state index < -0.39 is 0 Å². The fourth-order valence-corrected chi connectivity index (χ4v) is 3.06. The number of nitrogens with zero attached hydrogens (tertiary/aromatic N) is 1. The first kappa shape index (κ1) is 15.5. The number of rotatable bonds is 4. The number of hydrogen-bond acceptors (Lipinski definition) is 2. The topological polar surface area (TPSA) is 38.9 Å². The predicted octanol–water partition coefficient (Wildman–Crippen LogP) is 5.13. The first-order chi connectivity index (χ1) is 11.2. The molecule has 2 N–H and O–H groups in total. The Morgan fingerprint density at radius 1 is 1.26 bits per heavy atom. The van der Waals surface area contributed by atoms with Crippen molar-refractivity contribution in [2.24, 2.45) is 11.7 Å². The largest absolute Gasteiger partial charge is 0.397 e. The van der Waals surface area contributed by atoms with Crippen molar-refractivity contribution in [3.63, 3.8) is 0 Å². The normalized spacial score (nSPS) is 18.7. The van der Waals surface area contributed by atoms with Crippen LogP contribution in [0.1, 0.15) is 31.9 Å². The first-order valence-electron chi connectivity index (χ1n) is 8.05. The van der Waals surface area contributed by atoms with Crippen LogP contribution >= 0.6 is 0 Å². The number of fused-ring (bicyclic) bond motifs is 1. The maximum atomic E-state index is 14.0. The molecule has 0 amide bonds. The zero-order chi connectivity index (χ0) is 16.2. The summed E-state index contributed by atoms with van der Waals surface area (Å²) < 4.78 is 14.0. The van der Waals surface area contributed by atoms with E-state index in [1.165, 1.54) is 0 Å². The van der Waals surface area contributed by atoms with Crippen molar-refractivity contribution >= 4 is 16.3 Å². The Hall–Kier alpha value is -2.42. The van der Waals surface area contributed by atoms with E-state index in [2.05, 4.69) is 36.2 Å². The van der Waals surface area contributed by atoms with Crippen molar-refractivity contribution in [3.8, 4) is 0 Å². The van der Waals surface area contributed by atoms with Crippen molar-refractivity contribution in [2.45, 2.75) is 26.2 Å². The third-order valence-electron chi connectivity index (χ3n) is 4.26. The van der Waals surface area contributed by atoms with Crippen LogP contribution in [0.15, 0.2) is 66.3 Å². The molecule has 0 saturated heterocycles. The molecule has 23 heavy (non-hydrogen) atoms. The van der Waals surface area contributed by atoms with Crippen LogP contribution in [0.2, 0.25) is 0 Å². The van der Waals surface area contributed by atoms with E-state index >= 15 is 0 Å². The van der Waals surface area contributed by atoms with Gasteiger partial charge in [0.15, 0.2) is 0 Å². The van der Waals surface area contributed by atoms with Gasteiger partial charge in [0.1, 0.15) is 5.83 Å². The van der Waals surface area contributed by atoms with E-state index in [0.717, 1.165) is 34.9 Å². The van der Waals surface area contributed by atoms with E-state index in [4.69, 9.17) is 5.73 Å². The highest BCUT2D eigenvalue weighted by Crippen LogP contribution is 2.38. The van der Waals surface area contributed by atoms with Gasteiger partial charge in [-0.3, -0.25) is 4.98 Å². The summed E-state index contributed by atoms with van der Waals surface area (Å²) in [5.74, 6) is -0.146. The van der Waals surface area contributed by atoms with E-state index in [0.29, 0.717) is 6.42 Å². The van der Waals surface area contributed by atoms with Crippen LogP contribution < -0.4 is 5.73 Å². The quantitative estimate of drug-likeness (QED) is 0.795. The van der Waals surface area contributed by atoms with Crippen LogP contribution in [0.4, 0.5) is 4.39 Å². The molecule has 0 bridgehead atoms. The van der Waals surface area contributed by atoms with E-state index in [9.17, 15) is 4.39 Å². The fourth-order valence-electron chi connectivity index (χ4n) is 3.06. The third-order valence-corrected chi connectivity index (χ3v) is 4.26. The average Bonchev–Trinajstić information content (AvgIpc) is 2.57. The highest BCUT2D eigenvalue weighted by Gasteiger charge is 2.24. The summed E-state index contributed by atoms with van der Waals surface area (Å²) in [6, 6.07) is 10.1. The second kappa shape index (κ2) is 6.78. The number of pyridine rings is 1. The van der Waals surface area contributed by atoms with Crippen molar-refractivity contribution in [2.75, 3.05) is 0 Å². The SMILES string of the molecule is CCC=CCC1CC(F)=C(N)C=C1c1nccc2ccccc12. The molecular formula is C20H21FN2. The summed E-state index contributed by atoms with van der Waals surface area (Å²) in [6.45, 7) is 2.10. The Morgan fingerprint density at radius 3 is 2.91 bits per heavy atom. The van der Waals surface area contributed by atoms with Crippen molar-refractivity contribution in [1.82, 2.24) is 4.98 Å². The lowest BCUT2D eigenvalue weighted by molar-refractivity contribution is 0.515. The molecule has 1 atom stereocenters. The van der Waals surface area contributed by atoms with Gasteiger partial charge in [-0.05, 0) is 41.9 Å². The molecule has 0 spiro atoms. The summed E-state index contributed by atoms with van der Waals surface area (Å²) >= 11 is 0. The van der Waals surface area contributed by atoms with Gasteiger partial charge >= 0.3 is 0 Å². The monoisotopic (exact) mass is 308 g/mol. The fraction of sp³-hybridized carbons (Fsp3) is 0.250. The average molecular weight is 308 g/mol. The van der Waals surface area contributed by atoms with Crippen molar-refractivity contribution in [1.29, 1.82) is 0 Å². The lowest BCUT2D eigenvalue weighted by Crippen LogP contribution is -2.14. The molecule has 1 aliphatic carbocycles. The summed E-state index contributed by atoms with van der Waals surface area (Å²) in [5.41, 5.74) is 8.02. The van der Waals surface area contributed by atoms with Crippen LogP contribution in [0.5, 0.6) is 0 Å². The maximum Gasteiger partial charge on any atom is 0.123 e. The highest BCUT2D eigenvalue weighted by atomic mass is 19.1. The standard InChI is InChI=1S/C20H21FN2/c1-2-3-4-8-15-12-18(21)19(22)13-17(15)20-16-9-6-5-7-14(16)10-11-23-20/h3-7,9-11,13,15H,2,8,12,22H2,1H3. The molecule has 1 aromatic carbocycles. The van der Waals surface area contributed by atoms with Crippen LogP contribution in [-0.4, -0.2) is 4.98 Å². The zero-order valence-corrected chi connectivity index (χ0v) is 13.3. The smallest absolute Gasteiger partial charge is 0.123 e. The van der Waals surface area contributed by atoms with E-state index in [1.807, 2.05) is 24.4 Å². The van der Waals surface area contributed by atoms with Crippen LogP contribution in [-0.2, 0) is 0 Å². The summed E-state index contributed by atoms with van der Waals surface area (Å²) in [4.78, 5) is 4.58. The zero-order valence-electron chi connectivity index (χ0n) is 13.3. The lowest BCUT2D eigenvalue weighted by atomic mass is 9.83. The van der Waals surface area contributed by atoms with Crippen LogP contribution in [0, 0.1) is 5.92 Å². The molecule has 2 nitrogen and oxygen atoms in total. The Bertz CT molecular complexity index is 797. The lowest BCUT2D eigenvalue weighted by Gasteiger charge is -2.23. The van der Waals surface area contributed by atoms with Gasteiger partial charge < -0.3 is 5.73 Å². The first-order valence-corrected chi connectivity index (χ1v) is 8.05. The van der Waals surface area contributed by atoms with E-state index in [-0.39, 0.29) is 17.4 Å². The van der Waals surface area contributed by atoms with Gasteiger partial charge in [-0.1, -0.05) is 43.3 Å². The van der Waals surface area contributed by atoms with Gasteiger partial charge in [0.05, 0.1) is 11.4 Å². The van der Waals surface area contributed by atoms with Gasteiger partial charge in [-0.2, -0.15) is 0 Å². The van der Waals surface area contributed by atoms with E-state index in [1.54, 1.807) is 6.08 Å². The van der Waals surface area contributed by atoms with Gasteiger partial charge in [-0.25, -0.2) is 4.39 Å². The number of aromatic nitrogens is 1. The predicted molar refractivity (Wildman–Crippen MR) is 94.2 cm³/mol. The van der Waals surface area contributed by atoms with Gasteiger partial charge in [0, 0.05) is 18.0 Å². The van der Waals surface area contributed by atoms with Crippen molar-refractivity contribution in [3.05, 3.63) is 72.0 Å². The molecule has 1 aliphatic rings. The molecule has 0 radical (unpaired) electrons. The Labute approximate surface area is 136 Å². The molecule has 3 rings (SSSR count). The Balaban J connectivity index is 2.08.